The van der Waals surface area contributed by atoms with Gasteiger partial charge in [0.15, 0.2) is 8.32 Å². The van der Waals surface area contributed by atoms with Crippen LogP contribution in [0, 0.1) is 10.4 Å². The molecule has 2 aliphatic carbocycles. The number of hydrogen-bond donors (Lipinski definition) is 0. The molecule has 1 atom stereocenters. The van der Waals surface area contributed by atoms with Crippen molar-refractivity contribution in [1.82, 2.24) is 0 Å². The van der Waals surface area contributed by atoms with Crippen molar-refractivity contribution < 1.29 is 4.43 Å². The van der Waals surface area contributed by atoms with Crippen molar-refractivity contribution in [2.45, 2.75) is 45.3 Å². The van der Waals surface area contributed by atoms with Gasteiger partial charge in [0.1, 0.15) is 0 Å². The molecule has 0 bridgehead atoms. The van der Waals surface area contributed by atoms with Gasteiger partial charge in [-0.1, -0.05) is 78.4 Å². The predicted octanol–water partition coefficient (Wildman–Crippen LogP) is 6.08. The van der Waals surface area contributed by atoms with Crippen LogP contribution in [0.5, 0.6) is 0 Å². The number of benzene rings is 3. The Kier molecular flexibility index (Phi) is 5.52. The molecular weight excluding hydrogens is 404 g/mol. The van der Waals surface area contributed by atoms with Crippen LogP contribution in [0.25, 0.3) is 18.2 Å². The van der Waals surface area contributed by atoms with Gasteiger partial charge in [0.25, 0.3) is 0 Å². The van der Waals surface area contributed by atoms with Gasteiger partial charge in [0.05, 0.1) is 0 Å². The molecule has 3 aromatic rings. The van der Waals surface area contributed by atoms with Crippen LogP contribution in [-0.2, 0) is 4.43 Å². The molecule has 2 aliphatic rings. The summed E-state index contributed by atoms with van der Waals surface area (Å²) in [6, 6.07) is 22.3. The number of allylic oxidation sites excluding steroid dienone is 1. The maximum Gasteiger partial charge on any atom is 0.183 e. The second-order valence-electron chi connectivity index (χ2n) is 9.90. The highest BCUT2D eigenvalue weighted by atomic mass is 28.4. The van der Waals surface area contributed by atoms with Gasteiger partial charge in [-0.15, -0.1) is 0 Å². The van der Waals surface area contributed by atoms with Gasteiger partial charge in [-0.25, -0.2) is 0 Å². The van der Waals surface area contributed by atoms with Crippen LogP contribution >= 0.6 is 0 Å². The highest BCUT2D eigenvalue weighted by Crippen LogP contribution is 2.43. The fourth-order valence-electron chi connectivity index (χ4n) is 5.24. The molecule has 1 nitrogen and oxygen atoms in total. The third-order valence-electron chi connectivity index (χ3n) is 6.63. The Morgan fingerprint density at radius 3 is 2.47 bits per heavy atom. The van der Waals surface area contributed by atoms with Gasteiger partial charge >= 0.3 is 0 Å². The molecule has 0 saturated heterocycles. The molecule has 1 unspecified atom stereocenters. The first-order valence-electron chi connectivity index (χ1n) is 11.8. The average Bonchev–Trinajstić information content (AvgIpc) is 3.33. The summed E-state index contributed by atoms with van der Waals surface area (Å²) >= 11 is 0. The van der Waals surface area contributed by atoms with E-state index < -0.39 is 8.32 Å². The highest BCUT2D eigenvalue weighted by Gasteiger charge is 2.29. The minimum atomic E-state index is -1.47. The molecule has 0 aromatic heterocycles. The summed E-state index contributed by atoms with van der Waals surface area (Å²) in [6.07, 6.45) is 9.27. The summed E-state index contributed by atoms with van der Waals surface area (Å²) in [4.78, 5) is 0. The van der Waals surface area contributed by atoms with E-state index >= 15 is 0 Å². The molecule has 3 aromatic carbocycles. The Morgan fingerprint density at radius 2 is 1.66 bits per heavy atom. The Hall–Kier alpha value is -2.68. The summed E-state index contributed by atoms with van der Waals surface area (Å²) in [7, 11) is -1.47. The van der Waals surface area contributed by atoms with Gasteiger partial charge in [0.2, 0.25) is 0 Å². The fraction of sp³-hybridized carbons (Fsp3) is 0.267. The lowest BCUT2D eigenvalue weighted by Gasteiger charge is -2.22. The zero-order chi connectivity index (χ0) is 22.3. The van der Waals surface area contributed by atoms with Crippen LogP contribution in [0.15, 0.2) is 66.2 Å². The molecule has 0 saturated carbocycles. The van der Waals surface area contributed by atoms with Gasteiger partial charge < -0.3 is 4.43 Å². The van der Waals surface area contributed by atoms with E-state index in [1.807, 2.05) is 0 Å². The Labute approximate surface area is 192 Å². The SMILES string of the molecule is CC=c1ccc2c(c1C1C(CCCO[Si](C)(C)C)=Cc3ccccc31)C=c1ccccc1=2. The van der Waals surface area contributed by atoms with Crippen LogP contribution in [0.2, 0.25) is 19.6 Å². The summed E-state index contributed by atoms with van der Waals surface area (Å²) in [5, 5.41) is 5.40. The van der Waals surface area contributed by atoms with Crippen molar-refractivity contribution in [2.75, 3.05) is 6.61 Å². The number of hydrogen-bond acceptors (Lipinski definition) is 1. The third kappa shape index (κ3) is 3.83. The zero-order valence-corrected chi connectivity index (χ0v) is 20.6. The lowest BCUT2D eigenvalue weighted by atomic mass is 9.82. The summed E-state index contributed by atoms with van der Waals surface area (Å²) in [5.41, 5.74) is 7.19. The Morgan fingerprint density at radius 1 is 0.875 bits per heavy atom. The topological polar surface area (TPSA) is 9.23 Å². The van der Waals surface area contributed by atoms with Crippen LogP contribution in [0.3, 0.4) is 0 Å². The first-order chi connectivity index (χ1) is 15.5. The first-order valence-corrected chi connectivity index (χ1v) is 15.2. The molecule has 0 aliphatic heterocycles. The van der Waals surface area contributed by atoms with E-state index in [1.54, 1.807) is 0 Å². The molecule has 32 heavy (non-hydrogen) atoms. The molecule has 5 rings (SSSR count). The first kappa shape index (κ1) is 21.2. The van der Waals surface area contributed by atoms with E-state index in [2.05, 4.69) is 105 Å². The molecule has 0 N–H and O–H groups in total. The lowest BCUT2D eigenvalue weighted by molar-refractivity contribution is 0.304. The molecule has 0 heterocycles. The summed E-state index contributed by atoms with van der Waals surface area (Å²) in [5.74, 6) is 0.310. The van der Waals surface area contributed by atoms with E-state index in [4.69, 9.17) is 4.43 Å². The van der Waals surface area contributed by atoms with Crippen molar-refractivity contribution in [1.29, 1.82) is 0 Å². The van der Waals surface area contributed by atoms with Crippen LogP contribution in [0.4, 0.5) is 0 Å². The van der Waals surface area contributed by atoms with E-state index in [-0.39, 0.29) is 0 Å². The van der Waals surface area contributed by atoms with Gasteiger partial charge in [-0.2, -0.15) is 0 Å². The molecule has 0 fully saturated rings. The maximum absolute atomic E-state index is 6.17. The normalized spacial score (nSPS) is 16.9. The largest absolute Gasteiger partial charge is 0.418 e. The number of rotatable bonds is 6. The Balaban J connectivity index is 1.63. The molecular formula is C30H32OSi. The van der Waals surface area contributed by atoms with Crippen molar-refractivity contribution >= 4 is 26.5 Å². The van der Waals surface area contributed by atoms with Crippen LogP contribution in [0.1, 0.15) is 47.9 Å². The smallest absolute Gasteiger partial charge is 0.183 e. The fourth-order valence-corrected chi connectivity index (χ4v) is 6.00. The minimum absolute atomic E-state index is 0.310. The summed E-state index contributed by atoms with van der Waals surface area (Å²) in [6.45, 7) is 9.83. The van der Waals surface area contributed by atoms with Crippen molar-refractivity contribution in [3.63, 3.8) is 0 Å². The van der Waals surface area contributed by atoms with Crippen LogP contribution < -0.4 is 10.4 Å². The molecule has 0 spiro atoms. The maximum atomic E-state index is 6.17. The predicted molar refractivity (Wildman–Crippen MR) is 138 cm³/mol. The molecule has 162 valence electrons. The standard InChI is InChI=1S/C30H32OSi/c1-5-21-16-17-27-25-14-8-6-12-23(25)20-28(27)29(21)30-24(13-10-18-31-32(2,3)4)19-22-11-7-9-15-26(22)30/h5-9,11-12,14-17,19-20,30H,10,13,18H2,1-4H3. The van der Waals surface area contributed by atoms with E-state index in [0.717, 1.165) is 19.4 Å². The minimum Gasteiger partial charge on any atom is -0.418 e. The van der Waals surface area contributed by atoms with Gasteiger partial charge in [-0.05, 0) is 88.6 Å². The number of fused-ring (bicyclic) bond motifs is 3. The second-order valence-corrected chi connectivity index (χ2v) is 14.4. The quantitative estimate of drug-likeness (QED) is 0.263. The van der Waals surface area contributed by atoms with Crippen molar-refractivity contribution in [3.05, 3.63) is 109 Å². The Bertz CT molecular complexity index is 1420. The van der Waals surface area contributed by atoms with Crippen molar-refractivity contribution in [3.8, 4) is 0 Å². The molecule has 0 amide bonds. The van der Waals surface area contributed by atoms with E-state index in [0.29, 0.717) is 5.92 Å². The monoisotopic (exact) mass is 436 g/mol. The summed E-state index contributed by atoms with van der Waals surface area (Å²) < 4.78 is 6.17. The van der Waals surface area contributed by atoms with E-state index in [9.17, 15) is 0 Å². The molecule has 2 heteroatoms. The molecule has 0 radical (unpaired) electrons. The lowest BCUT2D eigenvalue weighted by Crippen LogP contribution is -2.25. The second kappa shape index (κ2) is 8.35. The van der Waals surface area contributed by atoms with Crippen LogP contribution in [-0.4, -0.2) is 14.9 Å². The van der Waals surface area contributed by atoms with Gasteiger partial charge in [0, 0.05) is 12.5 Å². The zero-order valence-electron chi connectivity index (χ0n) is 19.6. The van der Waals surface area contributed by atoms with Crippen molar-refractivity contribution in [2.24, 2.45) is 0 Å². The average molecular weight is 437 g/mol. The highest BCUT2D eigenvalue weighted by molar-refractivity contribution is 6.69. The third-order valence-corrected chi connectivity index (χ3v) is 7.71. The van der Waals surface area contributed by atoms with Gasteiger partial charge in [-0.3, -0.25) is 0 Å². The van der Waals surface area contributed by atoms with E-state index in [1.165, 1.54) is 48.7 Å².